The zero-order chi connectivity index (χ0) is 9.68. The number of allylic oxidation sites excluding steroid dienone is 2. The summed E-state index contributed by atoms with van der Waals surface area (Å²) >= 11 is 0. The van der Waals surface area contributed by atoms with Crippen molar-refractivity contribution in [2.45, 2.75) is 6.92 Å². The smallest absolute Gasteiger partial charge is 0.120 e. The quantitative estimate of drug-likeness (QED) is 0.396. The first-order valence-electron chi connectivity index (χ1n) is 4.45. The molecule has 1 fully saturated rings. The average Bonchev–Trinajstić information content (AvgIpc) is 2.15. The van der Waals surface area contributed by atoms with E-state index in [0.717, 1.165) is 31.9 Å². The van der Waals surface area contributed by atoms with Gasteiger partial charge in [0, 0.05) is 13.1 Å². The molecule has 72 valence electrons. The Kier molecular flexibility index (Phi) is 3.71. The summed E-state index contributed by atoms with van der Waals surface area (Å²) in [5, 5.41) is 7.72. The van der Waals surface area contributed by atoms with E-state index in [1.165, 1.54) is 0 Å². The van der Waals surface area contributed by atoms with E-state index in [-0.39, 0.29) is 0 Å². The molecule has 3 nitrogen and oxygen atoms in total. The summed E-state index contributed by atoms with van der Waals surface area (Å²) in [5.41, 5.74) is 0.970. The molecule has 13 heavy (non-hydrogen) atoms. The molecule has 3 heteroatoms. The van der Waals surface area contributed by atoms with E-state index in [2.05, 4.69) is 6.58 Å². The van der Waals surface area contributed by atoms with Crippen LogP contribution in [0, 0.1) is 5.41 Å². The Balaban J connectivity index is 2.41. The SMILES string of the molecule is C=C(C)/C=C\C(=N)N1CCOCC1. The third-order valence-electron chi connectivity index (χ3n) is 1.88. The van der Waals surface area contributed by atoms with E-state index >= 15 is 0 Å². The number of nitrogens with zero attached hydrogens (tertiary/aromatic N) is 1. The molecule has 1 heterocycles. The van der Waals surface area contributed by atoms with Gasteiger partial charge in [-0.15, -0.1) is 0 Å². The van der Waals surface area contributed by atoms with Gasteiger partial charge in [-0.3, -0.25) is 5.41 Å². The van der Waals surface area contributed by atoms with Crippen LogP contribution in [0.5, 0.6) is 0 Å². The lowest BCUT2D eigenvalue weighted by Gasteiger charge is -2.27. The monoisotopic (exact) mass is 180 g/mol. The van der Waals surface area contributed by atoms with Gasteiger partial charge < -0.3 is 9.64 Å². The van der Waals surface area contributed by atoms with Crippen molar-refractivity contribution >= 4 is 5.84 Å². The van der Waals surface area contributed by atoms with Crippen LogP contribution in [-0.4, -0.2) is 37.0 Å². The fraction of sp³-hybridized carbons (Fsp3) is 0.500. The van der Waals surface area contributed by atoms with E-state index in [1.54, 1.807) is 6.08 Å². The number of hydrogen-bond donors (Lipinski definition) is 1. The van der Waals surface area contributed by atoms with Crippen LogP contribution in [0.15, 0.2) is 24.3 Å². The minimum absolute atomic E-state index is 0.548. The summed E-state index contributed by atoms with van der Waals surface area (Å²) in [6.07, 6.45) is 3.64. The van der Waals surface area contributed by atoms with Gasteiger partial charge in [-0.1, -0.05) is 18.2 Å². The predicted molar refractivity (Wildman–Crippen MR) is 54.1 cm³/mol. The maximum absolute atomic E-state index is 7.72. The largest absolute Gasteiger partial charge is 0.378 e. The Morgan fingerprint density at radius 2 is 2.00 bits per heavy atom. The molecule has 1 N–H and O–H groups in total. The fourth-order valence-corrected chi connectivity index (χ4v) is 1.13. The summed E-state index contributed by atoms with van der Waals surface area (Å²) in [6.45, 7) is 8.75. The molecular weight excluding hydrogens is 164 g/mol. The standard InChI is InChI=1S/C10H16N2O/c1-9(2)3-4-10(11)12-5-7-13-8-6-12/h3-4,11H,1,5-8H2,2H3/b4-3-,11-10?. The molecule has 0 aliphatic carbocycles. The first kappa shape index (κ1) is 9.99. The Bertz CT molecular complexity index is 227. The van der Waals surface area contributed by atoms with Crippen LogP contribution in [0.25, 0.3) is 0 Å². The summed E-state index contributed by atoms with van der Waals surface area (Å²) in [4.78, 5) is 2.00. The summed E-state index contributed by atoms with van der Waals surface area (Å²) in [6, 6.07) is 0. The molecule has 0 atom stereocenters. The zero-order valence-corrected chi connectivity index (χ0v) is 8.05. The van der Waals surface area contributed by atoms with Gasteiger partial charge in [0.25, 0.3) is 0 Å². The molecule has 0 bridgehead atoms. The van der Waals surface area contributed by atoms with Crippen LogP contribution in [0.2, 0.25) is 0 Å². The maximum Gasteiger partial charge on any atom is 0.120 e. The molecule has 1 aliphatic heterocycles. The fourth-order valence-electron chi connectivity index (χ4n) is 1.13. The van der Waals surface area contributed by atoms with Crippen molar-refractivity contribution in [2.75, 3.05) is 26.3 Å². The Labute approximate surface area is 79.2 Å². The molecule has 0 saturated carbocycles. The second-order valence-corrected chi connectivity index (χ2v) is 3.16. The van der Waals surface area contributed by atoms with Gasteiger partial charge in [0.05, 0.1) is 13.2 Å². The van der Waals surface area contributed by atoms with Crippen molar-refractivity contribution in [3.63, 3.8) is 0 Å². The highest BCUT2D eigenvalue weighted by atomic mass is 16.5. The summed E-state index contributed by atoms with van der Waals surface area (Å²) in [7, 11) is 0. The normalized spacial score (nSPS) is 17.8. The number of morpholine rings is 1. The van der Waals surface area contributed by atoms with Gasteiger partial charge in [0.2, 0.25) is 0 Å². The van der Waals surface area contributed by atoms with Crippen molar-refractivity contribution in [2.24, 2.45) is 0 Å². The third-order valence-corrected chi connectivity index (χ3v) is 1.88. The number of nitrogens with one attached hydrogen (secondary N) is 1. The minimum atomic E-state index is 0.548. The lowest BCUT2D eigenvalue weighted by atomic mass is 10.3. The zero-order valence-electron chi connectivity index (χ0n) is 8.05. The second-order valence-electron chi connectivity index (χ2n) is 3.16. The van der Waals surface area contributed by atoms with Crippen LogP contribution in [-0.2, 0) is 4.74 Å². The van der Waals surface area contributed by atoms with Gasteiger partial charge >= 0.3 is 0 Å². The molecule has 0 aromatic heterocycles. The molecule has 0 amide bonds. The Morgan fingerprint density at radius 1 is 1.38 bits per heavy atom. The van der Waals surface area contributed by atoms with Gasteiger partial charge in [-0.2, -0.15) is 0 Å². The van der Waals surface area contributed by atoms with Crippen LogP contribution in [0.1, 0.15) is 6.92 Å². The summed E-state index contributed by atoms with van der Waals surface area (Å²) in [5.74, 6) is 0.548. The van der Waals surface area contributed by atoms with E-state index in [1.807, 2.05) is 17.9 Å². The average molecular weight is 180 g/mol. The number of rotatable bonds is 2. The van der Waals surface area contributed by atoms with Crippen LogP contribution < -0.4 is 0 Å². The maximum atomic E-state index is 7.72. The van der Waals surface area contributed by atoms with E-state index in [9.17, 15) is 0 Å². The van der Waals surface area contributed by atoms with Crippen molar-refractivity contribution < 1.29 is 4.74 Å². The van der Waals surface area contributed by atoms with Crippen LogP contribution in [0.4, 0.5) is 0 Å². The highest BCUT2D eigenvalue weighted by molar-refractivity contribution is 5.90. The third kappa shape index (κ3) is 3.42. The molecular formula is C10H16N2O. The minimum Gasteiger partial charge on any atom is -0.378 e. The molecule has 0 aromatic carbocycles. The number of hydrogen-bond acceptors (Lipinski definition) is 2. The lowest BCUT2D eigenvalue weighted by Crippen LogP contribution is -2.39. The molecule has 0 aromatic rings. The van der Waals surface area contributed by atoms with Crippen molar-refractivity contribution in [1.82, 2.24) is 4.90 Å². The highest BCUT2D eigenvalue weighted by Crippen LogP contribution is 1.99. The first-order chi connectivity index (χ1) is 6.20. The van der Waals surface area contributed by atoms with Gasteiger partial charge in [0.1, 0.15) is 5.84 Å². The van der Waals surface area contributed by atoms with Crippen molar-refractivity contribution in [1.29, 1.82) is 5.41 Å². The molecule has 0 unspecified atom stereocenters. The predicted octanol–water partition coefficient (Wildman–Crippen LogP) is 1.43. The molecule has 1 aliphatic rings. The number of amidine groups is 1. The van der Waals surface area contributed by atoms with E-state index < -0.39 is 0 Å². The van der Waals surface area contributed by atoms with Crippen molar-refractivity contribution in [3.05, 3.63) is 24.3 Å². The topological polar surface area (TPSA) is 36.3 Å². The first-order valence-corrected chi connectivity index (χ1v) is 4.45. The lowest BCUT2D eigenvalue weighted by molar-refractivity contribution is 0.0681. The van der Waals surface area contributed by atoms with E-state index in [4.69, 9.17) is 10.1 Å². The van der Waals surface area contributed by atoms with E-state index in [0.29, 0.717) is 5.84 Å². The Morgan fingerprint density at radius 3 is 2.54 bits per heavy atom. The van der Waals surface area contributed by atoms with Gasteiger partial charge in [-0.05, 0) is 13.0 Å². The van der Waals surface area contributed by atoms with Crippen LogP contribution in [0.3, 0.4) is 0 Å². The molecule has 1 saturated heterocycles. The Hall–Kier alpha value is -1.09. The van der Waals surface area contributed by atoms with Crippen LogP contribution >= 0.6 is 0 Å². The second kappa shape index (κ2) is 4.82. The summed E-state index contributed by atoms with van der Waals surface area (Å²) < 4.78 is 5.20. The van der Waals surface area contributed by atoms with Gasteiger partial charge in [-0.25, -0.2) is 0 Å². The van der Waals surface area contributed by atoms with Crippen molar-refractivity contribution in [3.8, 4) is 0 Å². The molecule has 0 radical (unpaired) electrons. The highest BCUT2D eigenvalue weighted by Gasteiger charge is 2.10. The number of ether oxygens (including phenoxy) is 1. The molecule has 0 spiro atoms. The van der Waals surface area contributed by atoms with Gasteiger partial charge in [0.15, 0.2) is 0 Å². The molecule has 1 rings (SSSR count).